The van der Waals surface area contributed by atoms with Gasteiger partial charge in [-0.2, -0.15) is 0 Å². The van der Waals surface area contributed by atoms with E-state index in [0.717, 1.165) is 65.3 Å². The van der Waals surface area contributed by atoms with Gasteiger partial charge in [0.25, 0.3) is 0 Å². The van der Waals surface area contributed by atoms with Crippen LogP contribution in [0.1, 0.15) is 0 Å². The molecule has 234 valence electrons. The summed E-state index contributed by atoms with van der Waals surface area (Å²) in [5.41, 5.74) is 7.41. The second-order valence-electron chi connectivity index (χ2n) is 12.2. The van der Waals surface area contributed by atoms with E-state index in [1.165, 1.54) is 10.1 Å². The van der Waals surface area contributed by atoms with Crippen LogP contribution in [0.5, 0.6) is 0 Å². The maximum atomic E-state index is 6.56. The highest BCUT2D eigenvalue weighted by Crippen LogP contribution is 2.46. The molecule has 0 bridgehead atoms. The van der Waals surface area contributed by atoms with Gasteiger partial charge in [0.1, 0.15) is 5.52 Å². The van der Waals surface area contributed by atoms with Crippen molar-refractivity contribution in [3.05, 3.63) is 158 Å². The van der Waals surface area contributed by atoms with E-state index in [1.807, 2.05) is 66.7 Å². The van der Waals surface area contributed by atoms with Crippen molar-refractivity contribution in [3.8, 4) is 56.7 Å². The average molecular weight is 659 g/mol. The summed E-state index contributed by atoms with van der Waals surface area (Å²) in [6.45, 7) is 0. The zero-order valence-electron chi connectivity index (χ0n) is 26.6. The highest BCUT2D eigenvalue weighted by atomic mass is 32.1. The summed E-state index contributed by atoms with van der Waals surface area (Å²) in [7, 11) is 0. The third-order valence-corrected chi connectivity index (χ3v) is 10.4. The van der Waals surface area contributed by atoms with E-state index in [1.54, 1.807) is 11.3 Å². The molecule has 10 rings (SSSR count). The van der Waals surface area contributed by atoms with Gasteiger partial charge in [0, 0.05) is 48.0 Å². The van der Waals surface area contributed by atoms with E-state index in [2.05, 4.69) is 91.0 Å². The second kappa shape index (κ2) is 11.6. The van der Waals surface area contributed by atoms with E-state index < -0.39 is 0 Å². The number of rotatable bonds is 5. The van der Waals surface area contributed by atoms with Crippen LogP contribution in [0.25, 0.3) is 98.8 Å². The van der Waals surface area contributed by atoms with Crippen molar-refractivity contribution >= 4 is 53.4 Å². The first-order valence-corrected chi connectivity index (χ1v) is 17.3. The van der Waals surface area contributed by atoms with Gasteiger partial charge in [-0.1, -0.05) is 127 Å². The van der Waals surface area contributed by atoms with Crippen LogP contribution < -0.4 is 0 Å². The summed E-state index contributed by atoms with van der Waals surface area (Å²) in [5, 5.41) is 4.53. The number of hydrogen-bond acceptors (Lipinski definition) is 6. The van der Waals surface area contributed by atoms with E-state index in [4.69, 9.17) is 24.4 Å². The highest BCUT2D eigenvalue weighted by molar-refractivity contribution is 7.26. The van der Waals surface area contributed by atoms with Gasteiger partial charge in [-0.25, -0.2) is 19.9 Å². The van der Waals surface area contributed by atoms with Gasteiger partial charge in [-0.15, -0.1) is 11.3 Å². The highest BCUT2D eigenvalue weighted by Gasteiger charge is 2.22. The molecule has 0 radical (unpaired) electrons. The van der Waals surface area contributed by atoms with Gasteiger partial charge in [0.2, 0.25) is 5.89 Å². The van der Waals surface area contributed by atoms with Gasteiger partial charge in [0.15, 0.2) is 23.1 Å². The molecule has 0 N–H and O–H groups in total. The van der Waals surface area contributed by atoms with Crippen molar-refractivity contribution in [1.29, 1.82) is 0 Å². The molecular weight excluding hydrogens is 633 g/mol. The van der Waals surface area contributed by atoms with Gasteiger partial charge in [-0.3, -0.25) is 0 Å². The SMILES string of the molecule is c1ccc(-c2nc(-c3ccc4ccccc4c3)nc(-c3ccccc3-c3cc4nc(-c5ccccc5)oc4c4c3sc3ccccc34)n2)cc1. The maximum Gasteiger partial charge on any atom is 0.227 e. The Morgan fingerprint density at radius 3 is 1.90 bits per heavy atom. The molecule has 0 aliphatic rings. The Morgan fingerprint density at radius 1 is 0.440 bits per heavy atom. The van der Waals surface area contributed by atoms with Crippen LogP contribution in [0.15, 0.2) is 162 Å². The Balaban J connectivity index is 1.23. The van der Waals surface area contributed by atoms with Crippen LogP contribution in [0.4, 0.5) is 0 Å². The third-order valence-electron chi connectivity index (χ3n) is 9.16. The Bertz CT molecular complexity index is 2880. The van der Waals surface area contributed by atoms with E-state index in [9.17, 15) is 0 Å². The molecule has 3 heterocycles. The van der Waals surface area contributed by atoms with Crippen molar-refractivity contribution in [2.75, 3.05) is 0 Å². The molecule has 0 saturated heterocycles. The Hall–Kier alpha value is -6.50. The van der Waals surface area contributed by atoms with Gasteiger partial charge < -0.3 is 4.42 Å². The normalized spacial score (nSPS) is 11.6. The summed E-state index contributed by atoms with van der Waals surface area (Å²) >= 11 is 1.77. The van der Waals surface area contributed by atoms with Crippen molar-refractivity contribution in [2.45, 2.75) is 0 Å². The number of oxazole rings is 1. The fourth-order valence-corrected chi connectivity index (χ4v) is 7.99. The predicted molar refractivity (Wildman–Crippen MR) is 205 cm³/mol. The number of aromatic nitrogens is 4. The predicted octanol–water partition coefficient (Wildman–Crippen LogP) is 11.9. The minimum atomic E-state index is 0.604. The van der Waals surface area contributed by atoms with Crippen molar-refractivity contribution in [2.24, 2.45) is 0 Å². The van der Waals surface area contributed by atoms with Crippen LogP contribution >= 0.6 is 11.3 Å². The van der Waals surface area contributed by atoms with Crippen molar-refractivity contribution in [1.82, 2.24) is 19.9 Å². The fourth-order valence-electron chi connectivity index (χ4n) is 6.76. The first kappa shape index (κ1) is 28.5. The molecule has 5 nitrogen and oxygen atoms in total. The number of hydrogen-bond donors (Lipinski definition) is 0. The van der Waals surface area contributed by atoms with Gasteiger partial charge in [-0.05, 0) is 46.7 Å². The monoisotopic (exact) mass is 658 g/mol. The average Bonchev–Trinajstić information content (AvgIpc) is 3.80. The lowest BCUT2D eigenvalue weighted by Gasteiger charge is -2.13. The molecule has 0 amide bonds. The molecule has 6 heteroatoms. The molecule has 3 aromatic heterocycles. The summed E-state index contributed by atoms with van der Waals surface area (Å²) < 4.78 is 8.89. The van der Waals surface area contributed by atoms with Crippen LogP contribution in [-0.2, 0) is 0 Å². The Labute approximate surface area is 291 Å². The summed E-state index contributed by atoms with van der Waals surface area (Å²) in [6.07, 6.45) is 0. The quantitative estimate of drug-likeness (QED) is 0.184. The molecule has 0 saturated carbocycles. The molecule has 10 aromatic rings. The molecule has 0 fully saturated rings. The molecule has 0 aliphatic carbocycles. The molecule has 0 unspecified atom stereocenters. The minimum absolute atomic E-state index is 0.604. The lowest BCUT2D eigenvalue weighted by Crippen LogP contribution is -2.01. The number of nitrogens with zero attached hydrogens (tertiary/aromatic N) is 4. The zero-order chi connectivity index (χ0) is 33.0. The third kappa shape index (κ3) is 4.77. The van der Waals surface area contributed by atoms with Crippen LogP contribution in [0, 0.1) is 0 Å². The molecular formula is C44H26N4OS. The van der Waals surface area contributed by atoms with Crippen molar-refractivity contribution < 1.29 is 4.42 Å². The van der Waals surface area contributed by atoms with E-state index in [-0.39, 0.29) is 0 Å². The lowest BCUT2D eigenvalue weighted by atomic mass is 9.96. The van der Waals surface area contributed by atoms with Crippen LogP contribution in [-0.4, -0.2) is 19.9 Å². The van der Waals surface area contributed by atoms with Crippen LogP contribution in [0.3, 0.4) is 0 Å². The first-order chi connectivity index (χ1) is 24.8. The molecule has 0 spiro atoms. The summed E-state index contributed by atoms with van der Waals surface area (Å²) in [4.78, 5) is 20.3. The maximum absolute atomic E-state index is 6.56. The van der Waals surface area contributed by atoms with E-state index >= 15 is 0 Å². The molecule has 50 heavy (non-hydrogen) atoms. The molecule has 7 aromatic carbocycles. The molecule has 0 aliphatic heterocycles. The lowest BCUT2D eigenvalue weighted by molar-refractivity contribution is 0.623. The Morgan fingerprint density at radius 2 is 1.08 bits per heavy atom. The topological polar surface area (TPSA) is 64.7 Å². The van der Waals surface area contributed by atoms with Gasteiger partial charge >= 0.3 is 0 Å². The summed E-state index contributed by atoms with van der Waals surface area (Å²) in [5.74, 6) is 2.46. The smallest absolute Gasteiger partial charge is 0.227 e. The standard InChI is InChI=1S/C44H26N4OS/c1-3-14-28(15-4-1)41-46-42(31-24-23-27-13-7-8-18-30(27)25-31)48-43(47-41)33-20-10-9-19-32(33)35-26-36-39(49-44(45-36)29-16-5-2-6-17-29)38-34-21-11-12-22-37(34)50-40(35)38/h1-26H. The first-order valence-electron chi connectivity index (χ1n) is 16.5. The Kier molecular flexibility index (Phi) is 6.60. The summed E-state index contributed by atoms with van der Waals surface area (Å²) in [6, 6.07) is 53.9. The zero-order valence-corrected chi connectivity index (χ0v) is 27.4. The fraction of sp³-hybridized carbons (Fsp3) is 0. The van der Waals surface area contributed by atoms with E-state index in [0.29, 0.717) is 23.4 Å². The van der Waals surface area contributed by atoms with Crippen LogP contribution in [0.2, 0.25) is 0 Å². The number of benzene rings is 7. The largest absolute Gasteiger partial charge is 0.435 e. The van der Waals surface area contributed by atoms with Crippen molar-refractivity contribution in [3.63, 3.8) is 0 Å². The number of thiophene rings is 1. The minimum Gasteiger partial charge on any atom is -0.435 e. The van der Waals surface area contributed by atoms with Gasteiger partial charge in [0.05, 0.1) is 0 Å². The second-order valence-corrected chi connectivity index (χ2v) is 13.3. The molecule has 0 atom stereocenters. The number of fused-ring (bicyclic) bond motifs is 6.